The molecule has 2 aromatic heterocycles. The Bertz CT molecular complexity index is 630. The molecule has 0 radical (unpaired) electrons. The van der Waals surface area contributed by atoms with E-state index in [1.807, 2.05) is 0 Å². The minimum Gasteiger partial charge on any atom is -0.470 e. The Morgan fingerprint density at radius 3 is 2.86 bits per heavy atom. The van der Waals surface area contributed by atoms with E-state index in [2.05, 4.69) is 15.3 Å². The van der Waals surface area contributed by atoms with Crippen LogP contribution in [0.15, 0.2) is 22.8 Å². The van der Waals surface area contributed by atoms with Gasteiger partial charge in [0, 0.05) is 7.11 Å². The number of methoxy groups -OCH3 is 1. The molecule has 0 spiro atoms. The number of nitrogens with one attached hydrogen (secondary N) is 1. The van der Waals surface area contributed by atoms with Crippen LogP contribution in [0.5, 0.6) is 5.88 Å². The van der Waals surface area contributed by atoms with Crippen molar-refractivity contribution in [1.82, 2.24) is 9.97 Å². The first-order valence-corrected chi connectivity index (χ1v) is 6.53. The van der Waals surface area contributed by atoms with Crippen molar-refractivity contribution in [2.75, 3.05) is 25.6 Å². The van der Waals surface area contributed by atoms with Crippen molar-refractivity contribution in [2.24, 2.45) is 0 Å². The van der Waals surface area contributed by atoms with Gasteiger partial charge in [0.1, 0.15) is 18.2 Å². The highest BCUT2D eigenvalue weighted by Crippen LogP contribution is 2.32. The smallest absolute Gasteiger partial charge is 0.372 e. The van der Waals surface area contributed by atoms with Gasteiger partial charge in [0.05, 0.1) is 24.3 Å². The quantitative estimate of drug-likeness (QED) is 0.447. The van der Waals surface area contributed by atoms with Crippen molar-refractivity contribution in [2.45, 2.75) is 13.5 Å². The number of ether oxygens (including phenoxy) is 2. The molecule has 2 aromatic rings. The zero-order valence-corrected chi connectivity index (χ0v) is 12.2. The molecule has 0 unspecified atom stereocenters. The topological polar surface area (TPSA) is 113 Å². The van der Waals surface area contributed by atoms with Crippen LogP contribution in [0.3, 0.4) is 0 Å². The molecule has 0 atom stereocenters. The van der Waals surface area contributed by atoms with Crippen molar-refractivity contribution >= 4 is 11.5 Å². The second kappa shape index (κ2) is 7.36. The number of furan rings is 1. The van der Waals surface area contributed by atoms with Gasteiger partial charge in [-0.3, -0.25) is 10.1 Å². The van der Waals surface area contributed by atoms with Crippen LogP contribution in [0.1, 0.15) is 11.6 Å². The molecule has 0 aromatic carbocycles. The molecule has 2 heterocycles. The van der Waals surface area contributed by atoms with Crippen LogP contribution in [-0.2, 0) is 11.3 Å². The van der Waals surface area contributed by atoms with Crippen LogP contribution in [0, 0.1) is 17.0 Å². The molecule has 0 aliphatic carbocycles. The lowest BCUT2D eigenvalue weighted by Crippen LogP contribution is -2.12. The minimum absolute atomic E-state index is 0.0846. The van der Waals surface area contributed by atoms with Crippen molar-refractivity contribution in [3.63, 3.8) is 0 Å². The number of hydrogen-bond acceptors (Lipinski definition) is 8. The molecule has 0 saturated carbocycles. The Morgan fingerprint density at radius 2 is 2.23 bits per heavy atom. The van der Waals surface area contributed by atoms with Gasteiger partial charge < -0.3 is 19.2 Å². The fraction of sp³-hybridized carbons (Fsp3) is 0.385. The van der Waals surface area contributed by atoms with Gasteiger partial charge in [-0.2, -0.15) is 4.98 Å². The summed E-state index contributed by atoms with van der Waals surface area (Å²) in [5.41, 5.74) is -0.312. The predicted octanol–water partition coefficient (Wildman–Crippen LogP) is 1.92. The summed E-state index contributed by atoms with van der Waals surface area (Å²) >= 11 is 0. The van der Waals surface area contributed by atoms with Crippen LogP contribution in [0.4, 0.5) is 11.5 Å². The van der Waals surface area contributed by atoms with Crippen molar-refractivity contribution in [1.29, 1.82) is 0 Å². The molecule has 118 valence electrons. The van der Waals surface area contributed by atoms with Gasteiger partial charge in [0.25, 0.3) is 5.88 Å². The van der Waals surface area contributed by atoms with Gasteiger partial charge in [0.15, 0.2) is 0 Å². The lowest BCUT2D eigenvalue weighted by atomic mass is 10.4. The molecule has 22 heavy (non-hydrogen) atoms. The van der Waals surface area contributed by atoms with Gasteiger partial charge in [0.2, 0.25) is 5.82 Å². The SMILES string of the molecule is COCCOc1nc(C)nc(NCc2ccco2)c1[N+](=O)[O-]. The second-order valence-electron chi connectivity index (χ2n) is 4.30. The maximum atomic E-state index is 11.3. The average Bonchev–Trinajstić information content (AvgIpc) is 2.97. The highest BCUT2D eigenvalue weighted by Gasteiger charge is 2.25. The number of aromatic nitrogens is 2. The lowest BCUT2D eigenvalue weighted by Gasteiger charge is -2.10. The number of nitro groups is 1. The standard InChI is InChI=1S/C13H16N4O5/c1-9-15-12(14-8-10-4-3-5-21-10)11(17(18)19)13(16-9)22-7-6-20-2/h3-5H,6-8H2,1-2H3,(H,14,15,16). The third kappa shape index (κ3) is 3.92. The highest BCUT2D eigenvalue weighted by molar-refractivity contribution is 5.61. The van der Waals surface area contributed by atoms with E-state index in [1.54, 1.807) is 19.1 Å². The molecule has 0 aliphatic heterocycles. The van der Waals surface area contributed by atoms with Crippen LogP contribution in [-0.4, -0.2) is 35.2 Å². The Balaban J connectivity index is 2.24. The molecule has 9 nitrogen and oxygen atoms in total. The van der Waals surface area contributed by atoms with Crippen LogP contribution in [0.2, 0.25) is 0 Å². The van der Waals surface area contributed by atoms with E-state index < -0.39 is 4.92 Å². The average molecular weight is 308 g/mol. The van der Waals surface area contributed by atoms with Crippen LogP contribution in [0.25, 0.3) is 0 Å². The van der Waals surface area contributed by atoms with Gasteiger partial charge in [-0.15, -0.1) is 0 Å². The molecule has 0 fully saturated rings. The zero-order valence-electron chi connectivity index (χ0n) is 12.2. The van der Waals surface area contributed by atoms with E-state index in [0.717, 1.165) is 0 Å². The molecule has 0 aliphatic rings. The molecule has 0 bridgehead atoms. The van der Waals surface area contributed by atoms with Crippen LogP contribution < -0.4 is 10.1 Å². The maximum Gasteiger partial charge on any atom is 0.372 e. The van der Waals surface area contributed by atoms with E-state index in [0.29, 0.717) is 18.2 Å². The summed E-state index contributed by atoms with van der Waals surface area (Å²) in [5.74, 6) is 0.991. The van der Waals surface area contributed by atoms with Crippen LogP contribution >= 0.6 is 0 Å². The fourth-order valence-corrected chi connectivity index (χ4v) is 1.74. The molecule has 9 heteroatoms. The molecule has 2 rings (SSSR count). The normalized spacial score (nSPS) is 10.5. The van der Waals surface area contributed by atoms with Gasteiger partial charge in [-0.25, -0.2) is 4.98 Å². The molecule has 0 amide bonds. The van der Waals surface area contributed by atoms with Crippen molar-refractivity contribution in [3.05, 3.63) is 40.1 Å². The maximum absolute atomic E-state index is 11.3. The van der Waals surface area contributed by atoms with E-state index in [-0.39, 0.29) is 30.5 Å². The summed E-state index contributed by atoms with van der Waals surface area (Å²) in [6.45, 7) is 2.35. The number of anilines is 1. The van der Waals surface area contributed by atoms with Gasteiger partial charge in [-0.05, 0) is 19.1 Å². The zero-order chi connectivity index (χ0) is 15.9. The summed E-state index contributed by atoms with van der Waals surface area (Å²) in [4.78, 5) is 18.8. The highest BCUT2D eigenvalue weighted by atomic mass is 16.6. The van der Waals surface area contributed by atoms with E-state index >= 15 is 0 Å². The van der Waals surface area contributed by atoms with Gasteiger partial charge in [-0.1, -0.05) is 0 Å². The van der Waals surface area contributed by atoms with Crippen molar-refractivity contribution in [3.8, 4) is 5.88 Å². The van der Waals surface area contributed by atoms with E-state index in [4.69, 9.17) is 13.9 Å². The Morgan fingerprint density at radius 1 is 1.41 bits per heavy atom. The first-order valence-electron chi connectivity index (χ1n) is 6.53. The minimum atomic E-state index is -0.577. The predicted molar refractivity (Wildman–Crippen MR) is 76.8 cm³/mol. The largest absolute Gasteiger partial charge is 0.470 e. The lowest BCUT2D eigenvalue weighted by molar-refractivity contribution is -0.385. The first kappa shape index (κ1) is 15.7. The second-order valence-corrected chi connectivity index (χ2v) is 4.30. The van der Waals surface area contributed by atoms with Gasteiger partial charge >= 0.3 is 5.69 Å². The summed E-state index contributed by atoms with van der Waals surface area (Å²) < 4.78 is 15.3. The third-order valence-corrected chi connectivity index (χ3v) is 2.68. The van der Waals surface area contributed by atoms with E-state index in [9.17, 15) is 10.1 Å². The molecule has 0 saturated heterocycles. The summed E-state index contributed by atoms with van der Waals surface area (Å²) in [5, 5.41) is 14.2. The Hall–Kier alpha value is -2.68. The fourth-order valence-electron chi connectivity index (χ4n) is 1.74. The van der Waals surface area contributed by atoms with Crippen molar-refractivity contribution < 1.29 is 18.8 Å². The summed E-state index contributed by atoms with van der Waals surface area (Å²) in [7, 11) is 1.51. The number of hydrogen-bond donors (Lipinski definition) is 1. The molecular weight excluding hydrogens is 292 g/mol. The monoisotopic (exact) mass is 308 g/mol. The number of nitrogens with zero attached hydrogens (tertiary/aromatic N) is 3. The summed E-state index contributed by atoms with van der Waals surface area (Å²) in [6, 6.07) is 3.48. The first-order chi connectivity index (χ1) is 10.6. The third-order valence-electron chi connectivity index (χ3n) is 2.68. The Labute approximate surface area is 126 Å². The Kier molecular flexibility index (Phi) is 5.26. The molecule has 1 N–H and O–H groups in total. The van der Waals surface area contributed by atoms with E-state index in [1.165, 1.54) is 13.4 Å². The number of rotatable bonds is 8. The number of aryl methyl sites for hydroxylation is 1. The molecular formula is C13H16N4O5. The summed E-state index contributed by atoms with van der Waals surface area (Å²) in [6.07, 6.45) is 1.52.